The van der Waals surface area contributed by atoms with Crippen LogP contribution in [0.5, 0.6) is 0 Å². The van der Waals surface area contributed by atoms with Crippen molar-refractivity contribution >= 4 is 17.8 Å². The van der Waals surface area contributed by atoms with Crippen LogP contribution in [0.25, 0.3) is 0 Å². The lowest BCUT2D eigenvalue weighted by Crippen LogP contribution is -2.39. The predicted octanol–water partition coefficient (Wildman–Crippen LogP) is -1.62. The van der Waals surface area contributed by atoms with Gasteiger partial charge in [0.25, 0.3) is 0 Å². The Bertz CT molecular complexity index is 251. The van der Waals surface area contributed by atoms with Gasteiger partial charge in [0.15, 0.2) is 0 Å². The van der Waals surface area contributed by atoms with E-state index in [0.717, 1.165) is 0 Å². The van der Waals surface area contributed by atoms with E-state index in [1.807, 2.05) is 0 Å². The van der Waals surface area contributed by atoms with E-state index in [0.29, 0.717) is 6.54 Å². The Morgan fingerprint density at radius 3 is 2.38 bits per heavy atom. The summed E-state index contributed by atoms with van der Waals surface area (Å²) in [6, 6.07) is 0. The lowest BCUT2D eigenvalue weighted by Gasteiger charge is -2.17. The lowest BCUT2D eigenvalue weighted by atomic mass is 10.3. The molecule has 0 aliphatic heterocycles. The highest BCUT2D eigenvalue weighted by Crippen LogP contribution is 1.91. The molecule has 0 fully saturated rings. The fourth-order valence-electron chi connectivity index (χ4n) is 1.17. The minimum atomic E-state index is -1.06. The third kappa shape index (κ3) is 7.74. The Kier molecular flexibility index (Phi) is 6.86. The molecule has 0 saturated heterocycles. The van der Waals surface area contributed by atoms with Gasteiger partial charge >= 0.3 is 5.97 Å². The molecule has 92 valence electrons. The zero-order chi connectivity index (χ0) is 12.6. The molecule has 4 N–H and O–H groups in total. The summed E-state index contributed by atoms with van der Waals surface area (Å²) in [4.78, 5) is 33.6. The molecule has 0 bridgehead atoms. The predicted molar refractivity (Wildman–Crippen MR) is 56.6 cm³/mol. The van der Waals surface area contributed by atoms with Crippen molar-refractivity contribution in [3.8, 4) is 0 Å². The van der Waals surface area contributed by atoms with Crippen LogP contribution < -0.4 is 11.1 Å². The summed E-state index contributed by atoms with van der Waals surface area (Å²) in [7, 11) is 0. The van der Waals surface area contributed by atoms with E-state index in [2.05, 4.69) is 5.32 Å². The number of primary amides is 1. The molecule has 7 heteroatoms. The molecule has 0 aromatic carbocycles. The Hall–Kier alpha value is -1.63. The van der Waals surface area contributed by atoms with Gasteiger partial charge in [-0.05, 0) is 6.92 Å². The number of hydrogen-bond acceptors (Lipinski definition) is 4. The van der Waals surface area contributed by atoms with Gasteiger partial charge in [0.1, 0.15) is 0 Å². The first-order valence-corrected chi connectivity index (χ1v) is 4.94. The smallest absolute Gasteiger partial charge is 0.317 e. The van der Waals surface area contributed by atoms with Crippen LogP contribution in [0.4, 0.5) is 0 Å². The summed E-state index contributed by atoms with van der Waals surface area (Å²) in [6.45, 7) is 2.04. The van der Waals surface area contributed by atoms with Crippen LogP contribution in [-0.4, -0.2) is 54.0 Å². The molecule has 0 aliphatic carbocycles. The van der Waals surface area contributed by atoms with Crippen molar-refractivity contribution in [1.82, 2.24) is 10.2 Å². The van der Waals surface area contributed by atoms with Crippen LogP contribution in [-0.2, 0) is 14.4 Å². The SMILES string of the molecule is CCNC(=O)CCN(CC(N)=O)CC(=O)O. The largest absolute Gasteiger partial charge is 0.480 e. The molecule has 0 aliphatic rings. The molecule has 2 amide bonds. The highest BCUT2D eigenvalue weighted by atomic mass is 16.4. The highest BCUT2D eigenvalue weighted by Gasteiger charge is 2.13. The summed E-state index contributed by atoms with van der Waals surface area (Å²) >= 11 is 0. The highest BCUT2D eigenvalue weighted by molar-refractivity contribution is 5.78. The number of carbonyl (C=O) groups excluding carboxylic acids is 2. The van der Waals surface area contributed by atoms with Crippen molar-refractivity contribution in [3.63, 3.8) is 0 Å². The Morgan fingerprint density at radius 2 is 1.94 bits per heavy atom. The number of amides is 2. The Balaban J connectivity index is 4.05. The van der Waals surface area contributed by atoms with Crippen LogP contribution in [0, 0.1) is 0 Å². The van der Waals surface area contributed by atoms with E-state index in [4.69, 9.17) is 10.8 Å². The second-order valence-corrected chi connectivity index (χ2v) is 3.27. The van der Waals surface area contributed by atoms with Crippen molar-refractivity contribution < 1.29 is 19.5 Å². The number of carbonyl (C=O) groups is 3. The second-order valence-electron chi connectivity index (χ2n) is 3.27. The summed E-state index contributed by atoms with van der Waals surface area (Å²) in [5.74, 6) is -1.85. The van der Waals surface area contributed by atoms with Crippen LogP contribution in [0.2, 0.25) is 0 Å². The van der Waals surface area contributed by atoms with Crippen molar-refractivity contribution in [3.05, 3.63) is 0 Å². The summed E-state index contributed by atoms with van der Waals surface area (Å²) in [6.07, 6.45) is 0.147. The van der Waals surface area contributed by atoms with Gasteiger partial charge in [0.05, 0.1) is 13.1 Å². The van der Waals surface area contributed by atoms with Crippen molar-refractivity contribution in [1.29, 1.82) is 0 Å². The molecular weight excluding hydrogens is 214 g/mol. The molecule has 0 unspecified atom stereocenters. The average molecular weight is 231 g/mol. The normalized spacial score (nSPS) is 10.1. The van der Waals surface area contributed by atoms with Gasteiger partial charge in [-0.2, -0.15) is 0 Å². The zero-order valence-electron chi connectivity index (χ0n) is 9.23. The molecule has 0 spiro atoms. The third-order valence-corrected chi connectivity index (χ3v) is 1.77. The third-order valence-electron chi connectivity index (χ3n) is 1.77. The van der Waals surface area contributed by atoms with E-state index in [1.165, 1.54) is 4.90 Å². The maximum absolute atomic E-state index is 11.1. The van der Waals surface area contributed by atoms with Gasteiger partial charge < -0.3 is 16.2 Å². The molecule has 0 heterocycles. The van der Waals surface area contributed by atoms with Crippen LogP contribution >= 0.6 is 0 Å². The number of aliphatic carboxylic acids is 1. The minimum absolute atomic E-state index is 0.147. The zero-order valence-corrected chi connectivity index (χ0v) is 9.23. The maximum Gasteiger partial charge on any atom is 0.317 e. The summed E-state index contributed by atoms with van der Waals surface area (Å²) in [5, 5.41) is 11.1. The molecule has 0 atom stereocenters. The number of nitrogens with two attached hydrogens (primary N) is 1. The monoisotopic (exact) mass is 231 g/mol. The average Bonchev–Trinajstić information content (AvgIpc) is 2.13. The minimum Gasteiger partial charge on any atom is -0.480 e. The van der Waals surface area contributed by atoms with Gasteiger partial charge in [0, 0.05) is 19.5 Å². The fourth-order valence-corrected chi connectivity index (χ4v) is 1.17. The quantitative estimate of drug-likeness (QED) is 0.465. The maximum atomic E-state index is 11.1. The number of hydrogen-bond donors (Lipinski definition) is 3. The number of carboxylic acids is 1. The van der Waals surface area contributed by atoms with Gasteiger partial charge in [-0.1, -0.05) is 0 Å². The molecule has 0 rings (SSSR count). The van der Waals surface area contributed by atoms with Gasteiger partial charge in [-0.3, -0.25) is 19.3 Å². The molecule has 0 radical (unpaired) electrons. The lowest BCUT2D eigenvalue weighted by molar-refractivity contribution is -0.139. The molecule has 0 aromatic rings. The molecule has 0 saturated carbocycles. The van der Waals surface area contributed by atoms with Gasteiger partial charge in [-0.25, -0.2) is 0 Å². The van der Waals surface area contributed by atoms with E-state index < -0.39 is 11.9 Å². The standard InChI is InChI=1S/C9H17N3O4/c1-2-11-8(14)3-4-12(5-7(10)13)6-9(15)16/h2-6H2,1H3,(H2,10,13)(H,11,14)(H,15,16). The Labute approximate surface area is 93.6 Å². The number of nitrogens with zero attached hydrogens (tertiary/aromatic N) is 1. The van der Waals surface area contributed by atoms with E-state index in [-0.39, 0.29) is 32.0 Å². The number of rotatable bonds is 8. The fraction of sp³-hybridized carbons (Fsp3) is 0.667. The van der Waals surface area contributed by atoms with Crippen molar-refractivity contribution in [2.45, 2.75) is 13.3 Å². The van der Waals surface area contributed by atoms with Crippen LogP contribution in [0.3, 0.4) is 0 Å². The van der Waals surface area contributed by atoms with Crippen LogP contribution in [0.15, 0.2) is 0 Å². The topological polar surface area (TPSA) is 113 Å². The number of carboxylic acid groups (broad SMARTS) is 1. The van der Waals surface area contributed by atoms with Crippen LogP contribution in [0.1, 0.15) is 13.3 Å². The molecule has 16 heavy (non-hydrogen) atoms. The first-order valence-electron chi connectivity index (χ1n) is 4.94. The van der Waals surface area contributed by atoms with Gasteiger partial charge in [-0.15, -0.1) is 0 Å². The van der Waals surface area contributed by atoms with E-state index >= 15 is 0 Å². The molecule has 0 aromatic heterocycles. The second kappa shape index (κ2) is 7.63. The Morgan fingerprint density at radius 1 is 1.31 bits per heavy atom. The van der Waals surface area contributed by atoms with E-state index in [1.54, 1.807) is 6.92 Å². The van der Waals surface area contributed by atoms with Crippen molar-refractivity contribution in [2.75, 3.05) is 26.2 Å². The van der Waals surface area contributed by atoms with Gasteiger partial charge in [0.2, 0.25) is 11.8 Å². The molecular formula is C9H17N3O4. The summed E-state index contributed by atoms with van der Waals surface area (Å²) in [5.41, 5.74) is 4.96. The molecule has 7 nitrogen and oxygen atoms in total. The van der Waals surface area contributed by atoms with E-state index in [9.17, 15) is 14.4 Å². The first kappa shape index (κ1) is 14.4. The first-order chi connectivity index (χ1) is 7.45. The number of nitrogens with one attached hydrogen (secondary N) is 1. The summed E-state index contributed by atoms with van der Waals surface area (Å²) < 4.78 is 0. The van der Waals surface area contributed by atoms with Crippen molar-refractivity contribution in [2.24, 2.45) is 5.73 Å².